The van der Waals surface area contributed by atoms with E-state index >= 15 is 0 Å². The normalized spacial score (nSPS) is 31.7. The van der Waals surface area contributed by atoms with Crippen LogP contribution in [0.3, 0.4) is 0 Å². The maximum absolute atomic E-state index is 10.9. The predicted molar refractivity (Wildman–Crippen MR) is 75.1 cm³/mol. The third kappa shape index (κ3) is 2.06. The first-order valence-electron chi connectivity index (χ1n) is 7.11. The summed E-state index contributed by atoms with van der Waals surface area (Å²) in [5.41, 5.74) is -0.322. The number of ether oxygens (including phenoxy) is 3. The molecule has 1 N–H and O–H groups in total. The molecule has 0 radical (unpaired) electrons. The van der Waals surface area contributed by atoms with Crippen LogP contribution in [-0.4, -0.2) is 31.5 Å². The van der Waals surface area contributed by atoms with Crippen LogP contribution in [0, 0.1) is 16.7 Å². The van der Waals surface area contributed by atoms with E-state index in [1.54, 1.807) is 32.4 Å². The molecule has 5 nitrogen and oxygen atoms in total. The van der Waals surface area contributed by atoms with E-state index in [-0.39, 0.29) is 12.2 Å². The second kappa shape index (κ2) is 5.21. The number of aliphatic hydroxyl groups is 1. The summed E-state index contributed by atoms with van der Waals surface area (Å²) in [5, 5.41) is 20.6. The van der Waals surface area contributed by atoms with Crippen molar-refractivity contribution in [3.05, 3.63) is 23.8 Å². The van der Waals surface area contributed by atoms with Gasteiger partial charge in [-0.1, -0.05) is 0 Å². The standard InChI is InChI=1S/C16H19NO4/c1-19-10-3-5-13(20-2)12(7-10)15(18)16(9-17)8-11-4-6-14(16)21-11/h3,5,7,11,14-15,18H,4,6,8H2,1-2H3. The third-order valence-electron chi connectivity index (χ3n) is 4.68. The molecule has 2 heterocycles. The smallest absolute Gasteiger partial charge is 0.124 e. The van der Waals surface area contributed by atoms with Crippen molar-refractivity contribution in [2.75, 3.05) is 14.2 Å². The fourth-order valence-corrected chi connectivity index (χ4v) is 3.54. The number of rotatable bonds is 4. The van der Waals surface area contributed by atoms with Crippen molar-refractivity contribution in [1.29, 1.82) is 5.26 Å². The lowest BCUT2D eigenvalue weighted by molar-refractivity contribution is 0.00225. The van der Waals surface area contributed by atoms with Crippen molar-refractivity contribution in [3.8, 4) is 17.6 Å². The molecule has 4 unspecified atom stereocenters. The molecule has 1 aromatic carbocycles. The summed E-state index contributed by atoms with van der Waals surface area (Å²) in [5.74, 6) is 1.18. The first kappa shape index (κ1) is 14.2. The predicted octanol–water partition coefficient (Wildman–Crippen LogP) is 2.20. The lowest BCUT2D eigenvalue weighted by atomic mass is 9.69. The molecular formula is C16H19NO4. The minimum absolute atomic E-state index is 0.0842. The molecule has 2 aliphatic rings. The van der Waals surface area contributed by atoms with Crippen molar-refractivity contribution < 1.29 is 19.3 Å². The van der Waals surface area contributed by atoms with Crippen molar-refractivity contribution in [2.45, 2.75) is 37.6 Å². The van der Waals surface area contributed by atoms with Gasteiger partial charge in [0, 0.05) is 5.56 Å². The maximum Gasteiger partial charge on any atom is 0.124 e. The van der Waals surface area contributed by atoms with Crippen LogP contribution in [0.5, 0.6) is 11.5 Å². The Labute approximate surface area is 124 Å². The van der Waals surface area contributed by atoms with Gasteiger partial charge in [0.25, 0.3) is 0 Å². The van der Waals surface area contributed by atoms with Gasteiger partial charge in [0.05, 0.1) is 32.5 Å². The van der Waals surface area contributed by atoms with Crippen LogP contribution in [-0.2, 0) is 4.74 Å². The molecule has 0 spiro atoms. The molecule has 21 heavy (non-hydrogen) atoms. The van der Waals surface area contributed by atoms with E-state index in [1.807, 2.05) is 0 Å². The maximum atomic E-state index is 10.9. The summed E-state index contributed by atoms with van der Waals surface area (Å²) in [6, 6.07) is 7.57. The summed E-state index contributed by atoms with van der Waals surface area (Å²) in [6.07, 6.45) is 1.27. The molecule has 5 heteroatoms. The van der Waals surface area contributed by atoms with Crippen LogP contribution < -0.4 is 9.47 Å². The van der Waals surface area contributed by atoms with Gasteiger partial charge in [0.15, 0.2) is 0 Å². The minimum Gasteiger partial charge on any atom is -0.497 e. The molecule has 2 fully saturated rings. The minimum atomic E-state index is -0.956. The van der Waals surface area contributed by atoms with Crippen LogP contribution in [0.1, 0.15) is 30.9 Å². The summed E-state index contributed by atoms with van der Waals surface area (Å²) in [6.45, 7) is 0. The van der Waals surface area contributed by atoms with Gasteiger partial charge in [-0.2, -0.15) is 5.26 Å². The monoisotopic (exact) mass is 289 g/mol. The number of nitrogens with zero attached hydrogens (tertiary/aromatic N) is 1. The van der Waals surface area contributed by atoms with Gasteiger partial charge in [-0.05, 0) is 37.5 Å². The highest BCUT2D eigenvalue weighted by Gasteiger charge is 2.57. The third-order valence-corrected chi connectivity index (χ3v) is 4.68. The topological polar surface area (TPSA) is 71.7 Å². The molecule has 0 saturated carbocycles. The lowest BCUT2D eigenvalue weighted by Gasteiger charge is -2.33. The summed E-state index contributed by atoms with van der Waals surface area (Å²) >= 11 is 0. The molecule has 0 aliphatic carbocycles. The summed E-state index contributed by atoms with van der Waals surface area (Å²) < 4.78 is 16.3. The van der Waals surface area contributed by atoms with Gasteiger partial charge < -0.3 is 19.3 Å². The number of aliphatic hydroxyl groups excluding tert-OH is 1. The second-order valence-electron chi connectivity index (χ2n) is 5.69. The van der Waals surface area contributed by atoms with Gasteiger partial charge in [0.2, 0.25) is 0 Å². The zero-order chi connectivity index (χ0) is 15.0. The molecule has 4 atom stereocenters. The molecular weight excluding hydrogens is 270 g/mol. The Bertz CT molecular complexity index is 582. The highest BCUT2D eigenvalue weighted by molar-refractivity contribution is 5.43. The Hall–Kier alpha value is -1.77. The molecule has 2 bridgehead atoms. The Morgan fingerprint density at radius 2 is 2.19 bits per heavy atom. The van der Waals surface area contributed by atoms with Gasteiger partial charge in [-0.3, -0.25) is 0 Å². The van der Waals surface area contributed by atoms with E-state index in [0.717, 1.165) is 12.8 Å². The zero-order valence-electron chi connectivity index (χ0n) is 12.2. The first-order valence-corrected chi connectivity index (χ1v) is 7.11. The first-order chi connectivity index (χ1) is 10.1. The summed E-state index contributed by atoms with van der Waals surface area (Å²) in [4.78, 5) is 0. The van der Waals surface area contributed by atoms with Crippen LogP contribution in [0.25, 0.3) is 0 Å². The van der Waals surface area contributed by atoms with E-state index in [1.165, 1.54) is 0 Å². The number of hydrogen-bond acceptors (Lipinski definition) is 5. The van der Waals surface area contributed by atoms with E-state index in [4.69, 9.17) is 14.2 Å². The number of nitriles is 1. The average molecular weight is 289 g/mol. The molecule has 0 aromatic heterocycles. The number of hydrogen-bond donors (Lipinski definition) is 1. The zero-order valence-corrected chi connectivity index (χ0v) is 12.2. The average Bonchev–Trinajstić information content (AvgIpc) is 3.14. The van der Waals surface area contributed by atoms with Gasteiger partial charge in [-0.15, -0.1) is 0 Å². The Morgan fingerprint density at radius 3 is 2.71 bits per heavy atom. The van der Waals surface area contributed by atoms with Gasteiger partial charge >= 0.3 is 0 Å². The van der Waals surface area contributed by atoms with Crippen molar-refractivity contribution in [2.24, 2.45) is 5.41 Å². The highest BCUT2D eigenvalue weighted by atomic mass is 16.5. The number of fused-ring (bicyclic) bond motifs is 2. The SMILES string of the molecule is COc1ccc(OC)c(C(O)C2(C#N)CC3CCC2O3)c1. The van der Waals surface area contributed by atoms with Crippen molar-refractivity contribution >= 4 is 0 Å². The Balaban J connectivity index is 2.01. The van der Waals surface area contributed by atoms with Gasteiger partial charge in [-0.25, -0.2) is 0 Å². The molecule has 3 rings (SSSR count). The van der Waals surface area contributed by atoms with E-state index in [0.29, 0.717) is 23.5 Å². The molecule has 112 valence electrons. The van der Waals surface area contributed by atoms with E-state index in [2.05, 4.69) is 6.07 Å². The van der Waals surface area contributed by atoms with E-state index in [9.17, 15) is 10.4 Å². The largest absolute Gasteiger partial charge is 0.497 e. The van der Waals surface area contributed by atoms with Crippen molar-refractivity contribution in [1.82, 2.24) is 0 Å². The number of benzene rings is 1. The van der Waals surface area contributed by atoms with Crippen LogP contribution in [0.4, 0.5) is 0 Å². The van der Waals surface area contributed by atoms with Crippen LogP contribution in [0.2, 0.25) is 0 Å². The van der Waals surface area contributed by atoms with Gasteiger partial charge in [0.1, 0.15) is 23.0 Å². The highest BCUT2D eigenvalue weighted by Crippen LogP contribution is 2.55. The lowest BCUT2D eigenvalue weighted by Crippen LogP contribution is -2.37. The second-order valence-corrected chi connectivity index (χ2v) is 5.69. The molecule has 1 aromatic rings. The van der Waals surface area contributed by atoms with Crippen LogP contribution >= 0.6 is 0 Å². The Kier molecular flexibility index (Phi) is 3.52. The fraction of sp³-hybridized carbons (Fsp3) is 0.562. The number of methoxy groups -OCH3 is 2. The molecule has 2 aliphatic heterocycles. The van der Waals surface area contributed by atoms with Crippen molar-refractivity contribution in [3.63, 3.8) is 0 Å². The quantitative estimate of drug-likeness (QED) is 0.920. The van der Waals surface area contributed by atoms with E-state index < -0.39 is 11.5 Å². The summed E-state index contributed by atoms with van der Waals surface area (Å²) in [7, 11) is 3.12. The molecule has 2 saturated heterocycles. The Morgan fingerprint density at radius 1 is 1.38 bits per heavy atom. The molecule has 0 amide bonds. The van der Waals surface area contributed by atoms with Crippen LogP contribution in [0.15, 0.2) is 18.2 Å². The fourth-order valence-electron chi connectivity index (χ4n) is 3.54.